The third-order valence-corrected chi connectivity index (χ3v) is 5.98. The minimum absolute atomic E-state index is 0.118. The molecule has 8 nitrogen and oxygen atoms in total. The molecule has 8 heteroatoms. The van der Waals surface area contributed by atoms with Crippen molar-refractivity contribution >= 4 is 11.9 Å². The lowest BCUT2D eigenvalue weighted by atomic mass is 9.89. The Morgan fingerprint density at radius 3 is 2.70 bits per heavy atom. The van der Waals surface area contributed by atoms with Gasteiger partial charge in [-0.25, -0.2) is 9.97 Å². The molecule has 0 radical (unpaired) electrons. The normalized spacial score (nSPS) is 16.3. The van der Waals surface area contributed by atoms with Crippen LogP contribution in [-0.2, 0) is 11.2 Å². The molecule has 3 heterocycles. The van der Waals surface area contributed by atoms with Crippen LogP contribution in [0.15, 0.2) is 40.9 Å². The zero-order valence-electron chi connectivity index (χ0n) is 19.9. The summed E-state index contributed by atoms with van der Waals surface area (Å²) in [6, 6.07) is 10.2. The van der Waals surface area contributed by atoms with Gasteiger partial charge in [0.25, 0.3) is 0 Å². The second-order valence-electron chi connectivity index (χ2n) is 9.10. The fraction of sp³-hybridized carbons (Fsp3) is 0.480. The molecule has 33 heavy (non-hydrogen) atoms. The van der Waals surface area contributed by atoms with E-state index in [9.17, 15) is 4.79 Å². The average Bonchev–Trinajstić information content (AvgIpc) is 3.32. The summed E-state index contributed by atoms with van der Waals surface area (Å²) in [5.41, 5.74) is 3.14. The first-order chi connectivity index (χ1) is 15.9. The third-order valence-electron chi connectivity index (χ3n) is 5.98. The highest BCUT2D eigenvalue weighted by Crippen LogP contribution is 2.34. The highest BCUT2D eigenvalue weighted by molar-refractivity contribution is 5.76. The Morgan fingerprint density at radius 1 is 1.21 bits per heavy atom. The number of carbonyl (C=O) groups is 1. The molecule has 3 aromatic rings. The summed E-state index contributed by atoms with van der Waals surface area (Å²) in [6.45, 7) is 5.44. The van der Waals surface area contributed by atoms with E-state index in [1.165, 1.54) is 0 Å². The number of hydrogen-bond acceptors (Lipinski definition) is 7. The van der Waals surface area contributed by atoms with Crippen molar-refractivity contribution in [2.75, 3.05) is 32.1 Å². The summed E-state index contributed by atoms with van der Waals surface area (Å²) in [7, 11) is 3.89. The third kappa shape index (κ3) is 5.38. The van der Waals surface area contributed by atoms with Crippen molar-refractivity contribution in [2.24, 2.45) is 0 Å². The van der Waals surface area contributed by atoms with Crippen LogP contribution in [-0.4, -0.2) is 58.2 Å². The zero-order valence-corrected chi connectivity index (χ0v) is 19.9. The van der Waals surface area contributed by atoms with Gasteiger partial charge in [0.15, 0.2) is 0 Å². The quantitative estimate of drug-likeness (QED) is 0.539. The second kappa shape index (κ2) is 10.1. The Labute approximate surface area is 195 Å². The number of rotatable bonds is 7. The van der Waals surface area contributed by atoms with Gasteiger partial charge in [0.05, 0.1) is 5.69 Å². The second-order valence-corrected chi connectivity index (χ2v) is 9.10. The van der Waals surface area contributed by atoms with Crippen molar-refractivity contribution in [1.82, 2.24) is 25.1 Å². The Balaban J connectivity index is 1.50. The predicted molar refractivity (Wildman–Crippen MR) is 127 cm³/mol. The number of amides is 1. The van der Waals surface area contributed by atoms with Gasteiger partial charge in [-0.3, -0.25) is 4.79 Å². The maximum absolute atomic E-state index is 13.0. The summed E-state index contributed by atoms with van der Waals surface area (Å²) < 4.78 is 5.66. The van der Waals surface area contributed by atoms with Gasteiger partial charge in [-0.05, 0) is 18.4 Å². The van der Waals surface area contributed by atoms with Crippen molar-refractivity contribution in [2.45, 2.75) is 51.4 Å². The number of aryl methyl sites for hydroxylation is 1. The maximum Gasteiger partial charge on any atom is 0.225 e. The molecular weight excluding hydrogens is 416 g/mol. The van der Waals surface area contributed by atoms with Crippen LogP contribution in [0.25, 0.3) is 11.1 Å². The smallest absolute Gasteiger partial charge is 0.225 e. The lowest BCUT2D eigenvalue weighted by molar-refractivity contribution is -0.132. The Hall–Kier alpha value is -3.29. The first-order valence-electron chi connectivity index (χ1n) is 11.6. The highest BCUT2D eigenvalue weighted by Gasteiger charge is 2.28. The van der Waals surface area contributed by atoms with Gasteiger partial charge in [0.2, 0.25) is 23.6 Å². The Morgan fingerprint density at radius 2 is 2.00 bits per heavy atom. The van der Waals surface area contributed by atoms with Gasteiger partial charge >= 0.3 is 0 Å². The molecule has 1 saturated heterocycles. The monoisotopic (exact) mass is 448 g/mol. The number of hydrogen-bond donors (Lipinski definition) is 0. The van der Waals surface area contributed by atoms with E-state index >= 15 is 0 Å². The first kappa shape index (κ1) is 22.9. The molecule has 0 N–H and O–H groups in total. The van der Waals surface area contributed by atoms with E-state index in [0.29, 0.717) is 37.1 Å². The Kier molecular flexibility index (Phi) is 7.01. The first-order valence-corrected chi connectivity index (χ1v) is 11.6. The van der Waals surface area contributed by atoms with Crippen LogP contribution in [0.1, 0.15) is 62.4 Å². The molecule has 174 valence electrons. The topological polar surface area (TPSA) is 88.3 Å². The van der Waals surface area contributed by atoms with Crippen LogP contribution >= 0.6 is 0 Å². The van der Waals surface area contributed by atoms with E-state index in [4.69, 9.17) is 9.40 Å². The number of benzene rings is 1. The highest BCUT2D eigenvalue weighted by atomic mass is 16.4. The van der Waals surface area contributed by atoms with E-state index in [-0.39, 0.29) is 17.7 Å². The zero-order chi connectivity index (χ0) is 23.4. The van der Waals surface area contributed by atoms with E-state index in [0.717, 1.165) is 36.2 Å². The molecular formula is C25H32N6O2. The van der Waals surface area contributed by atoms with E-state index in [2.05, 4.69) is 27.3 Å². The minimum Gasteiger partial charge on any atom is -0.425 e. The number of carbonyl (C=O) groups excluding carboxylic acids is 1. The number of likely N-dealkylation sites (tertiary alicyclic amines) is 1. The van der Waals surface area contributed by atoms with Gasteiger partial charge in [0.1, 0.15) is 0 Å². The molecule has 0 bridgehead atoms. The minimum atomic E-state index is 0.118. The van der Waals surface area contributed by atoms with E-state index in [1.54, 1.807) is 0 Å². The van der Waals surface area contributed by atoms with E-state index < -0.39 is 0 Å². The SMILES string of the molecule is CC(C)c1nnc(CCC(=O)N2CCCC(c3nc(N(C)C)ncc3-c3ccccc3)C2)o1. The predicted octanol–water partition coefficient (Wildman–Crippen LogP) is 4.05. The van der Waals surface area contributed by atoms with Gasteiger partial charge in [0, 0.05) is 63.6 Å². The number of nitrogens with zero attached hydrogens (tertiary/aromatic N) is 6. The molecule has 2 aromatic heterocycles. The molecule has 4 rings (SSSR count). The molecule has 0 saturated carbocycles. The maximum atomic E-state index is 13.0. The fourth-order valence-corrected chi connectivity index (χ4v) is 4.15. The molecule has 1 fully saturated rings. The molecule has 0 aliphatic carbocycles. The molecule has 1 aromatic carbocycles. The van der Waals surface area contributed by atoms with Crippen LogP contribution in [0, 0.1) is 0 Å². The lowest BCUT2D eigenvalue weighted by Crippen LogP contribution is -2.39. The van der Waals surface area contributed by atoms with Crippen molar-refractivity contribution < 1.29 is 9.21 Å². The van der Waals surface area contributed by atoms with Gasteiger partial charge in [-0.2, -0.15) is 0 Å². The number of piperidine rings is 1. The van der Waals surface area contributed by atoms with Crippen molar-refractivity contribution in [1.29, 1.82) is 0 Å². The fourth-order valence-electron chi connectivity index (χ4n) is 4.15. The van der Waals surface area contributed by atoms with Crippen LogP contribution < -0.4 is 4.90 Å². The van der Waals surface area contributed by atoms with Crippen molar-refractivity contribution in [3.05, 3.63) is 54.0 Å². The molecule has 1 atom stereocenters. The molecule has 0 spiro atoms. The average molecular weight is 449 g/mol. The molecule has 1 unspecified atom stereocenters. The number of anilines is 1. The summed E-state index contributed by atoms with van der Waals surface area (Å²) in [5.74, 6) is 2.29. The molecule has 1 aliphatic heterocycles. The summed E-state index contributed by atoms with van der Waals surface area (Å²) in [4.78, 5) is 26.4. The standard InChI is InChI=1S/C25H32N6O2/c1-17(2)24-29-28-21(33-24)12-13-22(32)31-14-8-11-19(16-31)23-20(18-9-6-5-7-10-18)15-26-25(27-23)30(3)4/h5-7,9-10,15,17,19H,8,11-14,16H2,1-4H3. The van der Waals surface area contributed by atoms with Crippen molar-refractivity contribution in [3.63, 3.8) is 0 Å². The van der Waals surface area contributed by atoms with Crippen LogP contribution in [0.4, 0.5) is 5.95 Å². The van der Waals surface area contributed by atoms with E-state index in [1.807, 2.05) is 62.1 Å². The Bertz CT molecular complexity index is 1080. The van der Waals surface area contributed by atoms with Crippen LogP contribution in [0.5, 0.6) is 0 Å². The summed E-state index contributed by atoms with van der Waals surface area (Å²) >= 11 is 0. The van der Waals surface area contributed by atoms with Gasteiger partial charge < -0.3 is 14.2 Å². The van der Waals surface area contributed by atoms with Crippen LogP contribution in [0.3, 0.4) is 0 Å². The lowest BCUT2D eigenvalue weighted by Gasteiger charge is -2.33. The number of aromatic nitrogens is 4. The largest absolute Gasteiger partial charge is 0.425 e. The van der Waals surface area contributed by atoms with Crippen LogP contribution in [0.2, 0.25) is 0 Å². The van der Waals surface area contributed by atoms with Crippen molar-refractivity contribution in [3.8, 4) is 11.1 Å². The molecule has 1 amide bonds. The van der Waals surface area contributed by atoms with Gasteiger partial charge in [-0.1, -0.05) is 44.2 Å². The summed E-state index contributed by atoms with van der Waals surface area (Å²) in [5, 5.41) is 8.14. The van der Waals surface area contributed by atoms with Gasteiger partial charge in [-0.15, -0.1) is 10.2 Å². The molecule has 1 aliphatic rings. The summed E-state index contributed by atoms with van der Waals surface area (Å²) in [6.07, 6.45) is 4.69.